The quantitative estimate of drug-likeness (QED) is 0.585. The highest BCUT2D eigenvalue weighted by Crippen LogP contribution is 2.36. The zero-order valence-electron chi connectivity index (χ0n) is 16.7. The summed E-state index contributed by atoms with van der Waals surface area (Å²) in [4.78, 5) is 13.9. The molecule has 2 aromatic carbocycles. The summed E-state index contributed by atoms with van der Waals surface area (Å²) < 4.78 is 0. The fourth-order valence-corrected chi connectivity index (χ4v) is 5.85. The molecule has 3 heteroatoms. The molecule has 0 bridgehead atoms. The molecule has 1 saturated carbocycles. The summed E-state index contributed by atoms with van der Waals surface area (Å²) in [6.45, 7) is 0.734. The van der Waals surface area contributed by atoms with Gasteiger partial charge in [-0.3, -0.25) is 4.79 Å². The van der Waals surface area contributed by atoms with Crippen molar-refractivity contribution >= 4 is 28.4 Å². The summed E-state index contributed by atoms with van der Waals surface area (Å²) in [5, 5.41) is 6.43. The summed E-state index contributed by atoms with van der Waals surface area (Å²) in [5.74, 6) is 0.506. The van der Waals surface area contributed by atoms with Crippen LogP contribution in [0.1, 0.15) is 56.9 Å². The Kier molecular flexibility index (Phi) is 6.74. The van der Waals surface area contributed by atoms with Gasteiger partial charge in [0.15, 0.2) is 0 Å². The van der Waals surface area contributed by atoms with E-state index in [9.17, 15) is 4.79 Å². The molecule has 0 radical (unpaired) electrons. The van der Waals surface area contributed by atoms with Gasteiger partial charge in [0.1, 0.15) is 0 Å². The second-order valence-corrected chi connectivity index (χ2v) is 9.44. The topological polar surface area (TPSA) is 29.1 Å². The zero-order valence-corrected chi connectivity index (χ0v) is 17.5. The van der Waals surface area contributed by atoms with Gasteiger partial charge < -0.3 is 5.32 Å². The normalized spacial score (nSPS) is 20.4. The molecule has 2 nitrogen and oxygen atoms in total. The van der Waals surface area contributed by atoms with Crippen LogP contribution in [0.4, 0.5) is 0 Å². The van der Waals surface area contributed by atoms with Crippen molar-refractivity contribution in [2.75, 3.05) is 6.54 Å². The van der Waals surface area contributed by atoms with E-state index in [1.807, 2.05) is 11.8 Å². The summed E-state index contributed by atoms with van der Waals surface area (Å²) in [5.41, 5.74) is 1.39. The third-order valence-corrected chi connectivity index (χ3v) is 7.47. The minimum Gasteiger partial charge on any atom is -0.356 e. The smallest absolute Gasteiger partial charge is 0.223 e. The molecule has 1 fully saturated rings. The number of allylic oxidation sites excluding steroid dienone is 1. The molecular formula is C25H31NOS. The van der Waals surface area contributed by atoms with Gasteiger partial charge >= 0.3 is 0 Å². The molecule has 0 saturated heterocycles. The van der Waals surface area contributed by atoms with Crippen LogP contribution in [0.2, 0.25) is 0 Å². The maximum absolute atomic E-state index is 12.5. The number of hydrogen-bond acceptors (Lipinski definition) is 2. The van der Waals surface area contributed by atoms with Crippen molar-refractivity contribution in [2.24, 2.45) is 5.92 Å². The van der Waals surface area contributed by atoms with Crippen LogP contribution >= 0.6 is 11.8 Å². The van der Waals surface area contributed by atoms with Crippen LogP contribution in [0.15, 0.2) is 53.4 Å². The number of hydrogen-bond donors (Lipinski definition) is 1. The minimum atomic E-state index is 0.238. The summed E-state index contributed by atoms with van der Waals surface area (Å²) in [7, 11) is 0. The number of benzene rings is 2. The van der Waals surface area contributed by atoms with Gasteiger partial charge in [-0.15, -0.1) is 11.8 Å². The number of thioether (sulfide) groups is 1. The van der Waals surface area contributed by atoms with E-state index in [2.05, 4.69) is 53.9 Å². The van der Waals surface area contributed by atoms with Crippen LogP contribution in [0.5, 0.6) is 0 Å². The van der Waals surface area contributed by atoms with E-state index in [1.54, 1.807) is 0 Å². The number of carbonyl (C=O) groups excluding carboxylic acids is 1. The summed E-state index contributed by atoms with van der Waals surface area (Å²) in [6, 6.07) is 13.2. The van der Waals surface area contributed by atoms with E-state index in [0.717, 1.165) is 25.8 Å². The molecule has 1 atom stereocenters. The Morgan fingerprint density at radius 2 is 1.86 bits per heavy atom. The van der Waals surface area contributed by atoms with Crippen LogP contribution in [0, 0.1) is 5.92 Å². The largest absolute Gasteiger partial charge is 0.356 e. The first-order valence-corrected chi connectivity index (χ1v) is 11.8. The molecule has 0 spiro atoms. The Balaban J connectivity index is 1.48. The lowest BCUT2D eigenvalue weighted by Gasteiger charge is -2.22. The molecule has 0 heterocycles. The fourth-order valence-electron chi connectivity index (χ4n) is 4.55. The number of fused-ring (bicyclic) bond motifs is 1. The molecular weight excluding hydrogens is 362 g/mol. The first-order valence-electron chi connectivity index (χ1n) is 10.9. The van der Waals surface area contributed by atoms with Gasteiger partial charge in [0.2, 0.25) is 5.91 Å². The van der Waals surface area contributed by atoms with Gasteiger partial charge in [-0.25, -0.2) is 0 Å². The van der Waals surface area contributed by atoms with E-state index in [-0.39, 0.29) is 11.8 Å². The Labute approximate surface area is 173 Å². The highest BCUT2D eigenvalue weighted by Gasteiger charge is 2.21. The van der Waals surface area contributed by atoms with E-state index in [4.69, 9.17) is 0 Å². The van der Waals surface area contributed by atoms with E-state index >= 15 is 0 Å². The minimum absolute atomic E-state index is 0.238. The lowest BCUT2D eigenvalue weighted by atomic mass is 9.88. The van der Waals surface area contributed by atoms with Gasteiger partial charge in [0.25, 0.3) is 0 Å². The maximum atomic E-state index is 12.5. The number of carbonyl (C=O) groups is 1. The van der Waals surface area contributed by atoms with E-state index in [0.29, 0.717) is 5.25 Å². The third-order valence-electron chi connectivity index (χ3n) is 6.14. The molecule has 2 aromatic rings. The highest BCUT2D eigenvalue weighted by molar-refractivity contribution is 8.00. The Morgan fingerprint density at radius 1 is 1.00 bits per heavy atom. The second kappa shape index (κ2) is 9.65. The predicted molar refractivity (Wildman–Crippen MR) is 120 cm³/mol. The van der Waals surface area contributed by atoms with Crippen LogP contribution in [-0.2, 0) is 11.2 Å². The predicted octanol–water partition coefficient (Wildman–Crippen LogP) is 6.28. The summed E-state index contributed by atoms with van der Waals surface area (Å²) in [6.07, 6.45) is 15.2. The van der Waals surface area contributed by atoms with Crippen LogP contribution in [0.25, 0.3) is 10.8 Å². The standard InChI is InChI=1S/C25H31NOS/c27-25(20-10-3-1-4-11-20)26-18-17-23-22-14-8-7-9-19(22)15-16-24(23)28-21-12-5-2-6-13-21/h5,7-9,12,14-16,20-21H,1-4,6,10-11,13,17-18H2,(H,26,27). The number of amides is 1. The van der Waals surface area contributed by atoms with Crippen molar-refractivity contribution in [1.82, 2.24) is 5.32 Å². The van der Waals surface area contributed by atoms with Crippen molar-refractivity contribution in [3.05, 3.63) is 54.1 Å². The summed E-state index contributed by atoms with van der Waals surface area (Å²) >= 11 is 1.99. The van der Waals surface area contributed by atoms with E-state index in [1.165, 1.54) is 59.8 Å². The van der Waals surface area contributed by atoms with Gasteiger partial charge in [0, 0.05) is 22.6 Å². The Bertz CT molecular complexity index is 838. The molecule has 148 valence electrons. The molecule has 0 aliphatic heterocycles. The molecule has 28 heavy (non-hydrogen) atoms. The first-order chi connectivity index (χ1) is 13.8. The number of rotatable bonds is 6. The van der Waals surface area contributed by atoms with Crippen LogP contribution in [0.3, 0.4) is 0 Å². The first kappa shape index (κ1) is 19.6. The second-order valence-electron chi connectivity index (χ2n) is 8.15. The van der Waals surface area contributed by atoms with Crippen LogP contribution < -0.4 is 5.32 Å². The molecule has 0 aromatic heterocycles. The SMILES string of the molecule is O=C(NCCc1c(SC2C=CCCC2)ccc2ccccc12)C1CCCCC1. The van der Waals surface area contributed by atoms with Crippen molar-refractivity contribution in [1.29, 1.82) is 0 Å². The van der Waals surface area contributed by atoms with Crippen molar-refractivity contribution in [3.8, 4) is 0 Å². The average Bonchev–Trinajstić information content (AvgIpc) is 2.76. The van der Waals surface area contributed by atoms with E-state index < -0.39 is 0 Å². The third kappa shape index (κ3) is 4.81. The molecule has 4 rings (SSSR count). The number of nitrogens with one attached hydrogen (secondary N) is 1. The van der Waals surface area contributed by atoms with Gasteiger partial charge in [-0.1, -0.05) is 61.7 Å². The Hall–Kier alpha value is -1.74. The van der Waals surface area contributed by atoms with Gasteiger partial charge in [0.05, 0.1) is 0 Å². The van der Waals surface area contributed by atoms with Crippen molar-refractivity contribution < 1.29 is 4.79 Å². The zero-order chi connectivity index (χ0) is 19.2. The maximum Gasteiger partial charge on any atom is 0.223 e. The lowest BCUT2D eigenvalue weighted by molar-refractivity contribution is -0.125. The Morgan fingerprint density at radius 3 is 2.68 bits per heavy atom. The molecule has 1 unspecified atom stereocenters. The molecule has 2 aliphatic rings. The van der Waals surface area contributed by atoms with Gasteiger partial charge in [-0.05, 0) is 60.9 Å². The van der Waals surface area contributed by atoms with Gasteiger partial charge in [-0.2, -0.15) is 0 Å². The van der Waals surface area contributed by atoms with Crippen LogP contribution in [-0.4, -0.2) is 17.7 Å². The van der Waals surface area contributed by atoms with Crippen molar-refractivity contribution in [2.45, 2.75) is 67.9 Å². The highest BCUT2D eigenvalue weighted by atomic mass is 32.2. The molecule has 1 amide bonds. The lowest BCUT2D eigenvalue weighted by Crippen LogP contribution is -2.33. The van der Waals surface area contributed by atoms with Crippen molar-refractivity contribution in [3.63, 3.8) is 0 Å². The molecule has 2 aliphatic carbocycles. The monoisotopic (exact) mass is 393 g/mol. The fraction of sp³-hybridized carbons (Fsp3) is 0.480. The average molecular weight is 394 g/mol. The molecule has 1 N–H and O–H groups in total.